The van der Waals surface area contributed by atoms with Crippen LogP contribution in [-0.4, -0.2) is 17.9 Å². The van der Waals surface area contributed by atoms with Gasteiger partial charge in [0.05, 0.1) is 5.56 Å². The van der Waals surface area contributed by atoms with E-state index in [4.69, 9.17) is 4.74 Å². The van der Waals surface area contributed by atoms with E-state index in [1.165, 1.54) is 25.1 Å². The second kappa shape index (κ2) is 7.21. The van der Waals surface area contributed by atoms with Crippen molar-refractivity contribution in [3.63, 3.8) is 0 Å². The van der Waals surface area contributed by atoms with Gasteiger partial charge in [0.2, 0.25) is 0 Å². The zero-order valence-corrected chi connectivity index (χ0v) is 11.9. The van der Waals surface area contributed by atoms with Crippen molar-refractivity contribution in [2.24, 2.45) is 0 Å². The van der Waals surface area contributed by atoms with Gasteiger partial charge in [-0.2, -0.15) is 0 Å². The molecule has 2 aromatic rings. The summed E-state index contributed by atoms with van der Waals surface area (Å²) in [6.45, 7) is 1.54. The third kappa shape index (κ3) is 4.05. The molecule has 1 atom stereocenters. The van der Waals surface area contributed by atoms with Gasteiger partial charge >= 0.3 is 0 Å². The molecule has 0 spiro atoms. The van der Waals surface area contributed by atoms with Gasteiger partial charge in [-0.15, -0.1) is 0 Å². The lowest BCUT2D eigenvalue weighted by molar-refractivity contribution is -0.128. The van der Waals surface area contributed by atoms with Gasteiger partial charge in [0.15, 0.2) is 6.10 Å². The molecule has 22 heavy (non-hydrogen) atoms. The summed E-state index contributed by atoms with van der Waals surface area (Å²) >= 11 is 0. The van der Waals surface area contributed by atoms with Crippen LogP contribution in [0.15, 0.2) is 54.6 Å². The molecule has 0 fully saturated rings. The van der Waals surface area contributed by atoms with Crippen LogP contribution in [0.4, 0.5) is 4.39 Å². The summed E-state index contributed by atoms with van der Waals surface area (Å²) in [5, 5.41) is 0. The van der Waals surface area contributed by atoms with Crippen LogP contribution in [0.5, 0.6) is 5.75 Å². The minimum Gasteiger partial charge on any atom is -0.481 e. The average molecular weight is 302 g/mol. The topological polar surface area (TPSA) is 67.4 Å². The highest BCUT2D eigenvalue weighted by Gasteiger charge is 2.16. The predicted molar refractivity (Wildman–Crippen MR) is 78.5 cm³/mol. The molecule has 0 radical (unpaired) electrons. The number of benzene rings is 2. The number of amides is 2. The maximum Gasteiger partial charge on any atom is 0.279 e. The van der Waals surface area contributed by atoms with Crippen molar-refractivity contribution in [1.29, 1.82) is 0 Å². The van der Waals surface area contributed by atoms with Crippen LogP contribution in [-0.2, 0) is 4.79 Å². The number of ether oxygens (including phenoxy) is 1. The highest BCUT2D eigenvalue weighted by atomic mass is 19.1. The summed E-state index contributed by atoms with van der Waals surface area (Å²) in [5.74, 6) is -1.42. The van der Waals surface area contributed by atoms with Crippen LogP contribution in [0.25, 0.3) is 0 Å². The Morgan fingerprint density at radius 1 is 1.00 bits per heavy atom. The van der Waals surface area contributed by atoms with Crippen LogP contribution in [0.3, 0.4) is 0 Å². The molecule has 5 nitrogen and oxygen atoms in total. The first kappa shape index (κ1) is 15.5. The first-order valence-electron chi connectivity index (χ1n) is 6.64. The summed E-state index contributed by atoms with van der Waals surface area (Å²) in [6.07, 6.45) is -0.816. The Kier molecular flexibility index (Phi) is 5.08. The van der Waals surface area contributed by atoms with Crippen molar-refractivity contribution >= 4 is 11.8 Å². The fourth-order valence-electron chi connectivity index (χ4n) is 1.69. The quantitative estimate of drug-likeness (QED) is 0.850. The van der Waals surface area contributed by atoms with Gasteiger partial charge in [0.1, 0.15) is 11.6 Å². The zero-order valence-electron chi connectivity index (χ0n) is 11.9. The molecule has 0 aliphatic rings. The van der Waals surface area contributed by atoms with Gasteiger partial charge in [-0.1, -0.05) is 30.3 Å². The molecule has 2 N–H and O–H groups in total. The second-order valence-electron chi connectivity index (χ2n) is 4.50. The Morgan fingerprint density at radius 2 is 1.64 bits per heavy atom. The van der Waals surface area contributed by atoms with E-state index in [2.05, 4.69) is 10.9 Å². The monoisotopic (exact) mass is 302 g/mol. The van der Waals surface area contributed by atoms with Gasteiger partial charge in [-0.25, -0.2) is 4.39 Å². The number of rotatable bonds is 4. The largest absolute Gasteiger partial charge is 0.481 e. The molecule has 2 amide bonds. The van der Waals surface area contributed by atoms with Crippen LogP contribution < -0.4 is 15.6 Å². The first-order valence-corrected chi connectivity index (χ1v) is 6.64. The van der Waals surface area contributed by atoms with E-state index in [0.717, 1.165) is 6.07 Å². The maximum atomic E-state index is 13.4. The summed E-state index contributed by atoms with van der Waals surface area (Å²) < 4.78 is 18.8. The normalized spacial score (nSPS) is 11.4. The summed E-state index contributed by atoms with van der Waals surface area (Å²) in [5.41, 5.74) is 4.19. The van der Waals surface area contributed by atoms with E-state index in [0.29, 0.717) is 5.75 Å². The van der Waals surface area contributed by atoms with E-state index in [1.54, 1.807) is 24.3 Å². The Hall–Kier alpha value is -2.89. The molecule has 2 rings (SSSR count). The van der Waals surface area contributed by atoms with Crippen molar-refractivity contribution in [1.82, 2.24) is 10.9 Å². The number of hydrogen-bond acceptors (Lipinski definition) is 3. The van der Waals surface area contributed by atoms with Crippen LogP contribution in [0.2, 0.25) is 0 Å². The molecule has 0 saturated heterocycles. The number of carbonyl (C=O) groups is 2. The number of hydrogen-bond donors (Lipinski definition) is 2. The van der Waals surface area contributed by atoms with E-state index in [9.17, 15) is 14.0 Å². The van der Waals surface area contributed by atoms with Crippen molar-refractivity contribution < 1.29 is 18.7 Å². The van der Waals surface area contributed by atoms with Crippen molar-refractivity contribution in [3.05, 3.63) is 66.0 Å². The van der Waals surface area contributed by atoms with Crippen LogP contribution >= 0.6 is 0 Å². The molecule has 0 bridgehead atoms. The average Bonchev–Trinajstić information content (AvgIpc) is 2.53. The Labute approximate surface area is 127 Å². The molecule has 6 heteroatoms. The molecular formula is C16H15FN2O3. The molecule has 2 aromatic carbocycles. The Morgan fingerprint density at radius 3 is 2.32 bits per heavy atom. The SMILES string of the molecule is C[C@@H](Oc1ccccc1)C(=O)NNC(=O)c1ccccc1F. The smallest absolute Gasteiger partial charge is 0.279 e. The molecule has 0 aromatic heterocycles. The predicted octanol–water partition coefficient (Wildman–Crippen LogP) is 2.05. The van der Waals surface area contributed by atoms with Gasteiger partial charge in [0.25, 0.3) is 11.8 Å². The lowest BCUT2D eigenvalue weighted by Crippen LogP contribution is -2.47. The second-order valence-corrected chi connectivity index (χ2v) is 4.50. The lowest BCUT2D eigenvalue weighted by atomic mass is 10.2. The van der Waals surface area contributed by atoms with E-state index >= 15 is 0 Å². The van der Waals surface area contributed by atoms with Gasteiger partial charge < -0.3 is 4.74 Å². The zero-order chi connectivity index (χ0) is 15.9. The first-order chi connectivity index (χ1) is 10.6. The third-order valence-electron chi connectivity index (χ3n) is 2.84. The number of halogens is 1. The van der Waals surface area contributed by atoms with Gasteiger partial charge in [0, 0.05) is 0 Å². The van der Waals surface area contributed by atoms with Crippen molar-refractivity contribution in [3.8, 4) is 5.75 Å². The molecule has 0 saturated carbocycles. The third-order valence-corrected chi connectivity index (χ3v) is 2.84. The summed E-state index contributed by atoms with van der Waals surface area (Å²) in [4.78, 5) is 23.6. The Bertz CT molecular complexity index is 661. The summed E-state index contributed by atoms with van der Waals surface area (Å²) in [6, 6.07) is 14.3. The molecule has 0 aliphatic heterocycles. The maximum absolute atomic E-state index is 13.4. The van der Waals surface area contributed by atoms with Crippen LogP contribution in [0, 0.1) is 5.82 Å². The number of nitrogens with one attached hydrogen (secondary N) is 2. The molecule has 0 aliphatic carbocycles. The van der Waals surface area contributed by atoms with Crippen LogP contribution in [0.1, 0.15) is 17.3 Å². The van der Waals surface area contributed by atoms with E-state index in [1.807, 2.05) is 6.07 Å². The molecule has 114 valence electrons. The van der Waals surface area contributed by atoms with Gasteiger partial charge in [-0.05, 0) is 31.2 Å². The fraction of sp³-hybridized carbons (Fsp3) is 0.125. The Balaban J connectivity index is 1.87. The number of hydrazine groups is 1. The van der Waals surface area contributed by atoms with E-state index in [-0.39, 0.29) is 5.56 Å². The number of para-hydroxylation sites is 1. The molecule has 0 unspecified atom stereocenters. The molecular weight excluding hydrogens is 287 g/mol. The standard InChI is InChI=1S/C16H15FN2O3/c1-11(22-12-7-3-2-4-8-12)15(20)18-19-16(21)13-9-5-6-10-14(13)17/h2-11H,1H3,(H,18,20)(H,19,21)/t11-/m1/s1. The van der Waals surface area contributed by atoms with Crippen molar-refractivity contribution in [2.75, 3.05) is 0 Å². The lowest BCUT2D eigenvalue weighted by Gasteiger charge is -2.15. The minimum atomic E-state index is -0.816. The summed E-state index contributed by atoms with van der Waals surface area (Å²) in [7, 11) is 0. The molecule has 0 heterocycles. The highest BCUT2D eigenvalue weighted by Crippen LogP contribution is 2.10. The fourth-order valence-corrected chi connectivity index (χ4v) is 1.69. The number of carbonyl (C=O) groups excluding carboxylic acids is 2. The highest BCUT2D eigenvalue weighted by molar-refractivity contribution is 5.95. The van der Waals surface area contributed by atoms with Gasteiger partial charge in [-0.3, -0.25) is 20.4 Å². The van der Waals surface area contributed by atoms with Crippen molar-refractivity contribution in [2.45, 2.75) is 13.0 Å². The van der Waals surface area contributed by atoms with E-state index < -0.39 is 23.7 Å². The minimum absolute atomic E-state index is 0.153.